The Bertz CT molecular complexity index is 289. The maximum absolute atomic E-state index is 9.49. The van der Waals surface area contributed by atoms with E-state index in [1.165, 1.54) is 12.8 Å². The molecular formula is C15H27NO. The molecule has 0 radical (unpaired) electrons. The van der Waals surface area contributed by atoms with Crippen LogP contribution < -0.4 is 0 Å². The molecular weight excluding hydrogens is 210 g/mol. The number of hydrogen-bond donors (Lipinski definition) is 0. The Labute approximate surface area is 106 Å². The van der Waals surface area contributed by atoms with Crippen molar-refractivity contribution in [3.8, 4) is 6.07 Å². The van der Waals surface area contributed by atoms with E-state index in [4.69, 9.17) is 4.74 Å². The number of rotatable bonds is 4. The SMILES string of the molecule is COC(C)(C)CCC1(C#N)CCC(C)(C)CC1. The van der Waals surface area contributed by atoms with Crippen LogP contribution in [0.1, 0.15) is 66.2 Å². The Morgan fingerprint density at radius 1 is 1.18 bits per heavy atom. The largest absolute Gasteiger partial charge is 0.379 e. The number of ether oxygens (including phenoxy) is 1. The first-order chi connectivity index (χ1) is 7.74. The molecule has 17 heavy (non-hydrogen) atoms. The maximum atomic E-state index is 9.49. The van der Waals surface area contributed by atoms with Crippen molar-refractivity contribution in [2.75, 3.05) is 7.11 Å². The molecule has 1 fully saturated rings. The molecule has 98 valence electrons. The summed E-state index contributed by atoms with van der Waals surface area (Å²) in [5.74, 6) is 0. The first-order valence-corrected chi connectivity index (χ1v) is 6.71. The number of methoxy groups -OCH3 is 1. The molecule has 0 unspecified atom stereocenters. The highest BCUT2D eigenvalue weighted by Crippen LogP contribution is 2.47. The molecule has 0 aliphatic heterocycles. The van der Waals surface area contributed by atoms with Crippen molar-refractivity contribution in [3.63, 3.8) is 0 Å². The molecule has 1 saturated carbocycles. The minimum absolute atomic E-state index is 0.0919. The Morgan fingerprint density at radius 2 is 1.71 bits per heavy atom. The molecule has 0 bridgehead atoms. The molecule has 0 aromatic rings. The van der Waals surface area contributed by atoms with E-state index in [2.05, 4.69) is 33.8 Å². The van der Waals surface area contributed by atoms with E-state index in [9.17, 15) is 5.26 Å². The standard InChI is InChI=1S/C15H27NO/c1-13(2)6-9-15(12-16,10-7-13)11-8-14(3,4)17-5/h6-11H2,1-5H3. The second kappa shape index (κ2) is 4.98. The lowest BCUT2D eigenvalue weighted by atomic mass is 9.63. The van der Waals surface area contributed by atoms with Crippen LogP contribution in [0.5, 0.6) is 0 Å². The van der Waals surface area contributed by atoms with Gasteiger partial charge in [-0.1, -0.05) is 13.8 Å². The third-order valence-corrected chi connectivity index (χ3v) is 4.56. The van der Waals surface area contributed by atoms with Gasteiger partial charge in [-0.3, -0.25) is 0 Å². The molecule has 0 amide bonds. The molecule has 0 aromatic carbocycles. The fourth-order valence-electron chi connectivity index (χ4n) is 2.47. The third-order valence-electron chi connectivity index (χ3n) is 4.56. The van der Waals surface area contributed by atoms with E-state index in [0.29, 0.717) is 5.41 Å². The molecule has 2 nitrogen and oxygen atoms in total. The first-order valence-electron chi connectivity index (χ1n) is 6.71. The van der Waals surface area contributed by atoms with Gasteiger partial charge < -0.3 is 4.74 Å². The predicted octanol–water partition coefficient (Wildman–Crippen LogP) is 4.30. The van der Waals surface area contributed by atoms with Crippen molar-refractivity contribution < 1.29 is 4.74 Å². The summed E-state index contributed by atoms with van der Waals surface area (Å²) in [7, 11) is 1.75. The van der Waals surface area contributed by atoms with E-state index in [0.717, 1.165) is 25.7 Å². The first kappa shape index (κ1) is 14.5. The van der Waals surface area contributed by atoms with Crippen LogP contribution in [0.15, 0.2) is 0 Å². The normalized spacial score (nSPS) is 23.1. The summed E-state index contributed by atoms with van der Waals surface area (Å²) in [6, 6.07) is 2.60. The molecule has 1 aliphatic carbocycles. The minimum atomic E-state index is -0.100. The molecule has 0 aromatic heterocycles. The highest BCUT2D eigenvalue weighted by molar-refractivity contribution is 5.03. The van der Waals surface area contributed by atoms with Gasteiger partial charge in [0.2, 0.25) is 0 Å². The van der Waals surface area contributed by atoms with Crippen molar-refractivity contribution in [1.29, 1.82) is 5.26 Å². The Hall–Kier alpha value is -0.550. The Balaban J connectivity index is 2.58. The summed E-state index contributed by atoms with van der Waals surface area (Å²) in [5, 5.41) is 9.49. The smallest absolute Gasteiger partial charge is 0.0689 e. The van der Waals surface area contributed by atoms with Crippen LogP contribution in [0.25, 0.3) is 0 Å². The molecule has 0 saturated heterocycles. The predicted molar refractivity (Wildman–Crippen MR) is 70.6 cm³/mol. The van der Waals surface area contributed by atoms with E-state index in [1.807, 2.05) is 0 Å². The average molecular weight is 237 g/mol. The van der Waals surface area contributed by atoms with Crippen LogP contribution in [0.3, 0.4) is 0 Å². The second-order valence-electron chi connectivity index (χ2n) is 7.02. The lowest BCUT2D eigenvalue weighted by Crippen LogP contribution is -2.33. The van der Waals surface area contributed by atoms with Gasteiger partial charge in [0.1, 0.15) is 0 Å². The van der Waals surface area contributed by atoms with Gasteiger partial charge >= 0.3 is 0 Å². The average Bonchev–Trinajstić information content (AvgIpc) is 2.29. The second-order valence-corrected chi connectivity index (χ2v) is 7.02. The van der Waals surface area contributed by atoms with Crippen molar-refractivity contribution in [2.45, 2.75) is 71.8 Å². The van der Waals surface area contributed by atoms with Crippen LogP contribution in [0.2, 0.25) is 0 Å². The quantitative estimate of drug-likeness (QED) is 0.730. The molecule has 0 heterocycles. The van der Waals surface area contributed by atoms with E-state index < -0.39 is 0 Å². The lowest BCUT2D eigenvalue weighted by Gasteiger charge is -2.40. The fraction of sp³-hybridized carbons (Fsp3) is 0.933. The van der Waals surface area contributed by atoms with E-state index in [-0.39, 0.29) is 11.0 Å². The monoisotopic (exact) mass is 237 g/mol. The highest BCUT2D eigenvalue weighted by atomic mass is 16.5. The molecule has 0 spiro atoms. The van der Waals surface area contributed by atoms with Crippen LogP contribution in [-0.2, 0) is 4.74 Å². The third kappa shape index (κ3) is 4.00. The van der Waals surface area contributed by atoms with Crippen LogP contribution in [0, 0.1) is 22.2 Å². The van der Waals surface area contributed by atoms with Crippen molar-refractivity contribution in [1.82, 2.24) is 0 Å². The van der Waals surface area contributed by atoms with Gasteiger partial charge in [0.15, 0.2) is 0 Å². The summed E-state index contributed by atoms with van der Waals surface area (Å²) in [5.41, 5.74) is 0.235. The van der Waals surface area contributed by atoms with Gasteiger partial charge in [-0.05, 0) is 57.8 Å². The van der Waals surface area contributed by atoms with Crippen molar-refractivity contribution in [3.05, 3.63) is 0 Å². The van der Waals surface area contributed by atoms with E-state index in [1.54, 1.807) is 7.11 Å². The highest BCUT2D eigenvalue weighted by Gasteiger charge is 2.39. The summed E-state index contributed by atoms with van der Waals surface area (Å²) in [4.78, 5) is 0. The summed E-state index contributed by atoms with van der Waals surface area (Å²) < 4.78 is 5.45. The van der Waals surface area contributed by atoms with Crippen LogP contribution in [0.4, 0.5) is 0 Å². The number of nitrogens with zero attached hydrogens (tertiary/aromatic N) is 1. The van der Waals surface area contributed by atoms with Gasteiger partial charge in [-0.2, -0.15) is 5.26 Å². The summed E-state index contributed by atoms with van der Waals surface area (Å²) in [6.45, 7) is 8.83. The minimum Gasteiger partial charge on any atom is -0.379 e. The lowest BCUT2D eigenvalue weighted by molar-refractivity contribution is 0.00173. The van der Waals surface area contributed by atoms with Crippen molar-refractivity contribution >= 4 is 0 Å². The molecule has 0 atom stereocenters. The van der Waals surface area contributed by atoms with Gasteiger partial charge in [0.25, 0.3) is 0 Å². The van der Waals surface area contributed by atoms with Gasteiger partial charge in [0, 0.05) is 7.11 Å². The topological polar surface area (TPSA) is 33.0 Å². The number of nitriles is 1. The van der Waals surface area contributed by atoms with Crippen molar-refractivity contribution in [2.24, 2.45) is 10.8 Å². The summed E-state index contributed by atoms with van der Waals surface area (Å²) >= 11 is 0. The van der Waals surface area contributed by atoms with Gasteiger partial charge in [-0.25, -0.2) is 0 Å². The molecule has 2 heteroatoms. The number of hydrogen-bond acceptors (Lipinski definition) is 2. The zero-order valence-electron chi connectivity index (χ0n) is 12.1. The zero-order chi connectivity index (χ0) is 13.2. The maximum Gasteiger partial charge on any atom is 0.0689 e. The molecule has 0 N–H and O–H groups in total. The molecule has 1 aliphatic rings. The van der Waals surface area contributed by atoms with Crippen LogP contribution >= 0.6 is 0 Å². The Morgan fingerprint density at radius 3 is 2.12 bits per heavy atom. The van der Waals surface area contributed by atoms with Gasteiger partial charge in [-0.15, -0.1) is 0 Å². The van der Waals surface area contributed by atoms with Gasteiger partial charge in [0.05, 0.1) is 17.1 Å². The zero-order valence-corrected chi connectivity index (χ0v) is 12.1. The summed E-state index contributed by atoms with van der Waals surface area (Å²) in [6.07, 6.45) is 6.40. The van der Waals surface area contributed by atoms with E-state index >= 15 is 0 Å². The Kier molecular flexibility index (Phi) is 4.25. The van der Waals surface area contributed by atoms with Crippen LogP contribution in [-0.4, -0.2) is 12.7 Å². The fourth-order valence-corrected chi connectivity index (χ4v) is 2.47. The molecule has 1 rings (SSSR count).